The monoisotopic (exact) mass is 363 g/mol. The van der Waals surface area contributed by atoms with Gasteiger partial charge < -0.3 is 15.0 Å². The number of nitrogens with zero attached hydrogens (tertiary/aromatic N) is 1. The smallest absolute Gasteiger partial charge is 0.408 e. The molecule has 0 radical (unpaired) electrons. The first-order chi connectivity index (χ1) is 13.1. The van der Waals surface area contributed by atoms with Crippen molar-refractivity contribution in [2.24, 2.45) is 5.92 Å². The molecule has 1 heterocycles. The van der Waals surface area contributed by atoms with Gasteiger partial charge in [-0.2, -0.15) is 0 Å². The Bertz CT molecular complexity index is 844. The van der Waals surface area contributed by atoms with Crippen LogP contribution in [-0.2, 0) is 11.3 Å². The van der Waals surface area contributed by atoms with Crippen molar-refractivity contribution < 1.29 is 9.53 Å². The molecule has 0 aliphatic carbocycles. The first-order valence-electron chi connectivity index (χ1n) is 9.19. The molecule has 0 aliphatic rings. The van der Waals surface area contributed by atoms with E-state index in [1.807, 2.05) is 60.7 Å². The van der Waals surface area contributed by atoms with Crippen molar-refractivity contribution in [3.63, 3.8) is 0 Å². The maximum atomic E-state index is 12.3. The minimum absolute atomic E-state index is 0.182. The van der Waals surface area contributed by atoms with E-state index < -0.39 is 6.09 Å². The maximum Gasteiger partial charge on any atom is 0.408 e. The molecule has 0 spiro atoms. The van der Waals surface area contributed by atoms with Crippen LogP contribution < -0.4 is 5.32 Å². The van der Waals surface area contributed by atoms with Crippen LogP contribution in [0.1, 0.15) is 37.6 Å². The van der Waals surface area contributed by atoms with Gasteiger partial charge in [0.25, 0.3) is 0 Å². The molecule has 0 fully saturated rings. The number of aromatic amines is 1. The van der Waals surface area contributed by atoms with Crippen LogP contribution in [0.15, 0.2) is 66.9 Å². The van der Waals surface area contributed by atoms with E-state index in [9.17, 15) is 4.79 Å². The highest BCUT2D eigenvalue weighted by molar-refractivity contribution is 5.68. The fourth-order valence-corrected chi connectivity index (χ4v) is 2.90. The summed E-state index contributed by atoms with van der Waals surface area (Å²) in [6.07, 6.45) is 2.14. The lowest BCUT2D eigenvalue weighted by Crippen LogP contribution is -2.30. The van der Waals surface area contributed by atoms with Crippen LogP contribution in [0, 0.1) is 5.92 Å². The highest BCUT2D eigenvalue weighted by Crippen LogP contribution is 2.23. The first-order valence-corrected chi connectivity index (χ1v) is 9.19. The number of H-pyrrole nitrogens is 1. The van der Waals surface area contributed by atoms with E-state index in [0.717, 1.165) is 29.1 Å². The number of ether oxygens (including phenoxy) is 1. The Hall–Kier alpha value is -3.08. The van der Waals surface area contributed by atoms with Gasteiger partial charge in [-0.25, -0.2) is 9.78 Å². The highest BCUT2D eigenvalue weighted by atomic mass is 16.5. The van der Waals surface area contributed by atoms with Crippen LogP contribution >= 0.6 is 0 Å². The van der Waals surface area contributed by atoms with Gasteiger partial charge in [-0.05, 0) is 17.9 Å². The van der Waals surface area contributed by atoms with Crippen LogP contribution in [0.5, 0.6) is 0 Å². The molecule has 0 unspecified atom stereocenters. The SMILES string of the molecule is CC(C)C[C@H](NC(=O)OCc1ccccc1)c1cnc(-c2ccccc2)[nH]1. The van der Waals surface area contributed by atoms with Crippen molar-refractivity contribution in [3.05, 3.63) is 78.1 Å². The van der Waals surface area contributed by atoms with E-state index in [-0.39, 0.29) is 12.6 Å². The summed E-state index contributed by atoms with van der Waals surface area (Å²) in [5, 5.41) is 2.97. The van der Waals surface area contributed by atoms with Gasteiger partial charge in [0.05, 0.1) is 17.9 Å². The lowest BCUT2D eigenvalue weighted by atomic mass is 10.0. The summed E-state index contributed by atoms with van der Waals surface area (Å²) < 4.78 is 5.37. The van der Waals surface area contributed by atoms with E-state index in [1.54, 1.807) is 6.20 Å². The normalized spacial score (nSPS) is 12.0. The van der Waals surface area contributed by atoms with Crippen molar-refractivity contribution >= 4 is 6.09 Å². The summed E-state index contributed by atoms with van der Waals surface area (Å²) in [5.74, 6) is 1.20. The number of imidazole rings is 1. The fraction of sp³-hybridized carbons (Fsp3) is 0.273. The van der Waals surface area contributed by atoms with Gasteiger partial charge >= 0.3 is 6.09 Å². The maximum absolute atomic E-state index is 12.3. The molecule has 2 N–H and O–H groups in total. The Morgan fingerprint density at radius 2 is 1.74 bits per heavy atom. The van der Waals surface area contributed by atoms with Gasteiger partial charge in [-0.3, -0.25) is 0 Å². The zero-order chi connectivity index (χ0) is 19.1. The quantitative estimate of drug-likeness (QED) is 0.614. The summed E-state index contributed by atoms with van der Waals surface area (Å²) in [6.45, 7) is 4.50. The number of hydrogen-bond donors (Lipinski definition) is 2. The number of rotatable bonds is 7. The summed E-state index contributed by atoms with van der Waals surface area (Å²) in [7, 11) is 0. The number of carbonyl (C=O) groups excluding carboxylic acids is 1. The van der Waals surface area contributed by atoms with Crippen LogP contribution in [0.3, 0.4) is 0 Å². The van der Waals surface area contributed by atoms with Gasteiger partial charge in [0, 0.05) is 5.56 Å². The summed E-state index contributed by atoms with van der Waals surface area (Å²) in [4.78, 5) is 20.1. The lowest BCUT2D eigenvalue weighted by Gasteiger charge is -2.19. The molecule has 0 saturated carbocycles. The molecule has 3 aromatic rings. The number of nitrogens with one attached hydrogen (secondary N) is 2. The molecule has 1 aromatic heterocycles. The van der Waals surface area contributed by atoms with E-state index in [4.69, 9.17) is 4.74 Å². The summed E-state index contributed by atoms with van der Waals surface area (Å²) >= 11 is 0. The van der Waals surface area contributed by atoms with Crippen molar-refractivity contribution in [1.29, 1.82) is 0 Å². The molecule has 5 heteroatoms. The largest absolute Gasteiger partial charge is 0.445 e. The Balaban J connectivity index is 1.67. The van der Waals surface area contributed by atoms with Crippen LogP contribution in [0.2, 0.25) is 0 Å². The molecule has 3 rings (SSSR count). The average Bonchev–Trinajstić information content (AvgIpc) is 3.17. The second-order valence-corrected chi connectivity index (χ2v) is 6.94. The number of hydrogen-bond acceptors (Lipinski definition) is 3. The van der Waals surface area contributed by atoms with Crippen LogP contribution in [0.25, 0.3) is 11.4 Å². The van der Waals surface area contributed by atoms with Crippen molar-refractivity contribution in [3.8, 4) is 11.4 Å². The molecule has 0 saturated heterocycles. The van der Waals surface area contributed by atoms with E-state index >= 15 is 0 Å². The Labute approximate surface area is 159 Å². The number of benzene rings is 2. The molecular weight excluding hydrogens is 338 g/mol. The molecule has 1 atom stereocenters. The van der Waals surface area contributed by atoms with Gasteiger partial charge in [-0.15, -0.1) is 0 Å². The second kappa shape index (κ2) is 9.03. The van der Waals surface area contributed by atoms with Crippen LogP contribution in [0.4, 0.5) is 4.79 Å². The molecule has 5 nitrogen and oxygen atoms in total. The number of carbonyl (C=O) groups is 1. The van der Waals surface area contributed by atoms with Crippen LogP contribution in [-0.4, -0.2) is 16.1 Å². The minimum Gasteiger partial charge on any atom is -0.445 e. The third-order valence-electron chi connectivity index (χ3n) is 4.23. The lowest BCUT2D eigenvalue weighted by molar-refractivity contribution is 0.134. The van der Waals surface area contributed by atoms with Crippen molar-refractivity contribution in [2.75, 3.05) is 0 Å². The molecule has 140 valence electrons. The predicted molar refractivity (Wildman–Crippen MR) is 106 cm³/mol. The zero-order valence-corrected chi connectivity index (χ0v) is 15.7. The van der Waals surface area contributed by atoms with E-state index in [2.05, 4.69) is 29.1 Å². The topological polar surface area (TPSA) is 67.0 Å². The number of amides is 1. The standard InChI is InChI=1S/C22H25N3O2/c1-16(2)13-19(25-22(26)27-15-17-9-5-3-6-10-17)20-14-23-21(24-20)18-11-7-4-8-12-18/h3-12,14,16,19H,13,15H2,1-2H3,(H,23,24)(H,25,26)/t19-/m0/s1. The van der Waals surface area contributed by atoms with Crippen molar-refractivity contribution in [2.45, 2.75) is 32.9 Å². The van der Waals surface area contributed by atoms with Gasteiger partial charge in [-0.1, -0.05) is 74.5 Å². The number of alkyl carbamates (subject to hydrolysis) is 1. The summed E-state index contributed by atoms with van der Waals surface area (Å²) in [6, 6.07) is 19.4. The molecular formula is C22H25N3O2. The molecule has 0 bridgehead atoms. The molecule has 1 amide bonds. The molecule has 0 aliphatic heterocycles. The average molecular weight is 363 g/mol. The second-order valence-electron chi connectivity index (χ2n) is 6.94. The number of aromatic nitrogens is 2. The van der Waals surface area contributed by atoms with Gasteiger partial charge in [0.2, 0.25) is 0 Å². The third kappa shape index (κ3) is 5.45. The van der Waals surface area contributed by atoms with E-state index in [0.29, 0.717) is 5.92 Å². The highest BCUT2D eigenvalue weighted by Gasteiger charge is 2.19. The Kier molecular flexibility index (Phi) is 6.26. The molecule has 27 heavy (non-hydrogen) atoms. The van der Waals surface area contributed by atoms with Crippen molar-refractivity contribution in [1.82, 2.24) is 15.3 Å². The minimum atomic E-state index is -0.430. The molecule has 2 aromatic carbocycles. The van der Waals surface area contributed by atoms with E-state index in [1.165, 1.54) is 0 Å². The Morgan fingerprint density at radius 3 is 2.41 bits per heavy atom. The van der Waals surface area contributed by atoms with Gasteiger partial charge in [0.1, 0.15) is 12.4 Å². The first kappa shape index (κ1) is 18.7. The summed E-state index contributed by atoms with van der Waals surface area (Å²) in [5.41, 5.74) is 2.85. The third-order valence-corrected chi connectivity index (χ3v) is 4.23. The predicted octanol–water partition coefficient (Wildman–Crippen LogP) is 5.09. The fourth-order valence-electron chi connectivity index (χ4n) is 2.90. The zero-order valence-electron chi connectivity index (χ0n) is 15.7. The van der Waals surface area contributed by atoms with Gasteiger partial charge in [0.15, 0.2) is 0 Å². The Morgan fingerprint density at radius 1 is 1.07 bits per heavy atom.